The molecule has 1 radical (unpaired) electrons. The Kier molecular flexibility index (Phi) is 14.0. The first-order valence-corrected chi connectivity index (χ1v) is 11.2. The van der Waals surface area contributed by atoms with Crippen LogP contribution >= 0.6 is 23.5 Å². The van der Waals surface area contributed by atoms with Gasteiger partial charge in [-0.2, -0.15) is 0 Å². The van der Waals surface area contributed by atoms with Crippen LogP contribution in [0.1, 0.15) is 64.2 Å². The van der Waals surface area contributed by atoms with Crippen molar-refractivity contribution in [1.29, 1.82) is 0 Å². The van der Waals surface area contributed by atoms with Gasteiger partial charge in [0, 0.05) is 4.90 Å². The zero-order chi connectivity index (χ0) is 16.6. The molecular weight excluding hydrogens is 318 g/mol. The lowest BCUT2D eigenvalue weighted by atomic mass is 10.1. The number of thioether (sulfide) groups is 2. The van der Waals surface area contributed by atoms with Crippen molar-refractivity contribution in [3.63, 3.8) is 0 Å². The summed E-state index contributed by atoms with van der Waals surface area (Å²) in [7, 11) is 0. The number of nitrogens with two attached hydrogens (primary N) is 1. The van der Waals surface area contributed by atoms with E-state index >= 15 is 0 Å². The topological polar surface area (TPSA) is 26.0 Å². The SMILES string of the molecule is [CH2]CC(N)SCCCCCCCCCCCSc1ccccc1. The molecule has 0 fully saturated rings. The lowest BCUT2D eigenvalue weighted by Crippen LogP contribution is -2.14. The van der Waals surface area contributed by atoms with Crippen molar-refractivity contribution in [2.45, 2.75) is 74.5 Å². The average Bonchev–Trinajstić information content (AvgIpc) is 2.59. The minimum Gasteiger partial charge on any atom is -0.319 e. The number of benzene rings is 1. The molecule has 1 aromatic carbocycles. The van der Waals surface area contributed by atoms with E-state index in [1.165, 1.54) is 74.2 Å². The summed E-state index contributed by atoms with van der Waals surface area (Å²) in [6.45, 7) is 3.83. The van der Waals surface area contributed by atoms with E-state index in [2.05, 4.69) is 37.3 Å². The van der Waals surface area contributed by atoms with Crippen molar-refractivity contribution in [1.82, 2.24) is 0 Å². The van der Waals surface area contributed by atoms with E-state index in [0.29, 0.717) is 0 Å². The first-order valence-electron chi connectivity index (χ1n) is 9.17. The Labute approximate surface area is 152 Å². The Bertz CT molecular complexity index is 356. The van der Waals surface area contributed by atoms with Gasteiger partial charge in [0.15, 0.2) is 0 Å². The van der Waals surface area contributed by atoms with Gasteiger partial charge in [-0.15, -0.1) is 23.5 Å². The maximum absolute atomic E-state index is 5.84. The molecule has 0 aromatic heterocycles. The van der Waals surface area contributed by atoms with Crippen LogP contribution in [0.5, 0.6) is 0 Å². The molecule has 1 rings (SSSR count). The number of hydrogen-bond acceptors (Lipinski definition) is 3. The number of hydrogen-bond donors (Lipinski definition) is 1. The van der Waals surface area contributed by atoms with Gasteiger partial charge in [0.2, 0.25) is 0 Å². The summed E-state index contributed by atoms with van der Waals surface area (Å²) in [5.74, 6) is 2.47. The van der Waals surface area contributed by atoms with Crippen molar-refractivity contribution >= 4 is 23.5 Å². The van der Waals surface area contributed by atoms with Gasteiger partial charge in [-0.3, -0.25) is 0 Å². The zero-order valence-corrected chi connectivity index (χ0v) is 16.2. The minimum absolute atomic E-state index is 0.245. The predicted molar refractivity (Wildman–Crippen MR) is 109 cm³/mol. The predicted octanol–water partition coefficient (Wildman–Crippen LogP) is 6.53. The van der Waals surface area contributed by atoms with Crippen LogP contribution in [0.4, 0.5) is 0 Å². The van der Waals surface area contributed by atoms with Gasteiger partial charge < -0.3 is 5.73 Å². The van der Waals surface area contributed by atoms with E-state index in [1.54, 1.807) is 0 Å². The van der Waals surface area contributed by atoms with Gasteiger partial charge in [0.25, 0.3) is 0 Å². The molecule has 0 spiro atoms. The van der Waals surface area contributed by atoms with Gasteiger partial charge in [0.1, 0.15) is 0 Å². The third-order valence-electron chi connectivity index (χ3n) is 3.92. The third-order valence-corrected chi connectivity index (χ3v) is 6.20. The minimum atomic E-state index is 0.245. The quantitative estimate of drug-likeness (QED) is 0.221. The summed E-state index contributed by atoms with van der Waals surface area (Å²) in [4.78, 5) is 1.40. The lowest BCUT2D eigenvalue weighted by molar-refractivity contribution is 0.574. The summed E-state index contributed by atoms with van der Waals surface area (Å²) >= 11 is 3.86. The molecule has 3 heteroatoms. The maximum atomic E-state index is 5.84. The van der Waals surface area contributed by atoms with E-state index in [-0.39, 0.29) is 5.37 Å². The molecule has 0 aliphatic rings. The molecule has 0 amide bonds. The van der Waals surface area contributed by atoms with Crippen molar-refractivity contribution in [3.05, 3.63) is 37.3 Å². The van der Waals surface area contributed by atoms with Gasteiger partial charge >= 0.3 is 0 Å². The average molecular weight is 353 g/mol. The van der Waals surface area contributed by atoms with Crippen LogP contribution in [-0.4, -0.2) is 16.9 Å². The Balaban J connectivity index is 1.75. The zero-order valence-electron chi connectivity index (χ0n) is 14.6. The normalized spacial score (nSPS) is 12.4. The van der Waals surface area contributed by atoms with E-state index < -0.39 is 0 Å². The van der Waals surface area contributed by atoms with Crippen molar-refractivity contribution in [3.8, 4) is 0 Å². The van der Waals surface area contributed by atoms with Crippen LogP contribution in [0.25, 0.3) is 0 Å². The molecule has 2 N–H and O–H groups in total. The van der Waals surface area contributed by atoms with E-state index in [9.17, 15) is 0 Å². The fourth-order valence-electron chi connectivity index (χ4n) is 2.47. The van der Waals surface area contributed by atoms with Crippen LogP contribution in [-0.2, 0) is 0 Å². The molecule has 0 bridgehead atoms. The number of unbranched alkanes of at least 4 members (excludes halogenated alkanes) is 8. The smallest absolute Gasteiger partial charge is 0.0507 e. The second-order valence-corrected chi connectivity index (χ2v) is 8.56. The summed E-state index contributed by atoms with van der Waals surface area (Å²) in [5.41, 5.74) is 5.84. The lowest BCUT2D eigenvalue weighted by Gasteiger charge is -2.07. The maximum Gasteiger partial charge on any atom is 0.0507 e. The summed E-state index contributed by atoms with van der Waals surface area (Å²) in [5, 5.41) is 0.245. The highest BCUT2D eigenvalue weighted by molar-refractivity contribution is 7.99. The second-order valence-electron chi connectivity index (χ2n) is 6.04. The standard InChI is InChI=1S/C20H34NS2/c1-2-20(21)23-18-14-9-7-5-3-4-6-8-13-17-22-19-15-11-10-12-16-19/h10-12,15-16,20H,1-9,13-14,17-18,21H2. The van der Waals surface area contributed by atoms with E-state index in [1.807, 2.05) is 23.5 Å². The van der Waals surface area contributed by atoms with Gasteiger partial charge in [-0.05, 0) is 42.9 Å². The largest absolute Gasteiger partial charge is 0.319 e. The molecule has 0 saturated carbocycles. The Morgan fingerprint density at radius 2 is 1.30 bits per heavy atom. The van der Waals surface area contributed by atoms with E-state index in [4.69, 9.17) is 5.73 Å². The molecule has 1 aromatic rings. The van der Waals surface area contributed by atoms with Crippen LogP contribution in [0, 0.1) is 6.92 Å². The van der Waals surface area contributed by atoms with Gasteiger partial charge in [0.05, 0.1) is 5.37 Å². The van der Waals surface area contributed by atoms with Crippen LogP contribution in [0.2, 0.25) is 0 Å². The number of rotatable bonds is 15. The molecule has 0 heterocycles. The van der Waals surface area contributed by atoms with Crippen LogP contribution in [0.15, 0.2) is 35.2 Å². The molecule has 0 saturated heterocycles. The molecule has 1 nitrogen and oxygen atoms in total. The van der Waals surface area contributed by atoms with Crippen LogP contribution in [0.3, 0.4) is 0 Å². The van der Waals surface area contributed by atoms with Crippen molar-refractivity contribution < 1.29 is 0 Å². The molecule has 23 heavy (non-hydrogen) atoms. The second kappa shape index (κ2) is 15.4. The Morgan fingerprint density at radius 3 is 1.87 bits per heavy atom. The molecule has 1 atom stereocenters. The molecule has 131 valence electrons. The van der Waals surface area contributed by atoms with Crippen molar-refractivity contribution in [2.24, 2.45) is 5.73 Å². The van der Waals surface area contributed by atoms with Crippen LogP contribution < -0.4 is 5.73 Å². The highest BCUT2D eigenvalue weighted by atomic mass is 32.2. The summed E-state index contributed by atoms with van der Waals surface area (Å²) < 4.78 is 0. The fraction of sp³-hybridized carbons (Fsp3) is 0.650. The Morgan fingerprint density at radius 1 is 0.783 bits per heavy atom. The first-order chi connectivity index (χ1) is 11.3. The summed E-state index contributed by atoms with van der Waals surface area (Å²) in [6.07, 6.45) is 13.3. The summed E-state index contributed by atoms with van der Waals surface area (Å²) in [6, 6.07) is 10.7. The molecular formula is C20H34NS2. The molecule has 0 aliphatic heterocycles. The van der Waals surface area contributed by atoms with Gasteiger partial charge in [-0.25, -0.2) is 0 Å². The third kappa shape index (κ3) is 12.9. The van der Waals surface area contributed by atoms with E-state index in [0.717, 1.165) is 6.42 Å². The molecule has 1 unspecified atom stereocenters. The highest BCUT2D eigenvalue weighted by Crippen LogP contribution is 2.19. The fourth-order valence-corrected chi connectivity index (χ4v) is 4.24. The monoisotopic (exact) mass is 352 g/mol. The Hall–Kier alpha value is -0.120. The molecule has 0 aliphatic carbocycles. The van der Waals surface area contributed by atoms with Crippen molar-refractivity contribution in [2.75, 3.05) is 11.5 Å². The first kappa shape index (κ1) is 20.9. The van der Waals surface area contributed by atoms with Gasteiger partial charge in [-0.1, -0.05) is 70.1 Å². The highest BCUT2D eigenvalue weighted by Gasteiger charge is 1.99.